The lowest BCUT2D eigenvalue weighted by atomic mass is 9.87. The number of rotatable bonds is 6. The van der Waals surface area contributed by atoms with Gasteiger partial charge in [0, 0.05) is 24.6 Å². The average Bonchev–Trinajstić information content (AvgIpc) is 3.24. The van der Waals surface area contributed by atoms with E-state index < -0.39 is 5.60 Å². The van der Waals surface area contributed by atoms with Gasteiger partial charge >= 0.3 is 6.09 Å². The van der Waals surface area contributed by atoms with E-state index in [2.05, 4.69) is 4.98 Å². The van der Waals surface area contributed by atoms with E-state index in [9.17, 15) is 9.59 Å². The fourth-order valence-corrected chi connectivity index (χ4v) is 3.90. The Balaban J connectivity index is 1.69. The van der Waals surface area contributed by atoms with E-state index in [-0.39, 0.29) is 18.4 Å². The first-order chi connectivity index (χ1) is 14.3. The van der Waals surface area contributed by atoms with Crippen LogP contribution in [0.4, 0.5) is 10.5 Å². The molecule has 30 heavy (non-hydrogen) atoms. The first kappa shape index (κ1) is 22.1. The molecule has 1 saturated carbocycles. The molecule has 6 nitrogen and oxygen atoms in total. The summed E-state index contributed by atoms with van der Waals surface area (Å²) in [6.07, 6.45) is 12.1. The van der Waals surface area contributed by atoms with Crippen LogP contribution < -0.4 is 4.90 Å². The fraction of sp³-hybridized carbons (Fsp3) is 0.542. The van der Waals surface area contributed by atoms with Crippen molar-refractivity contribution in [1.29, 1.82) is 0 Å². The van der Waals surface area contributed by atoms with Gasteiger partial charge in [-0.05, 0) is 50.8 Å². The molecule has 0 N–H and O–H groups in total. The molecule has 0 atom stereocenters. The summed E-state index contributed by atoms with van der Waals surface area (Å²) in [5, 5.41) is 0. The number of anilines is 1. The maximum absolute atomic E-state index is 12.9. The molecular weight excluding hydrogens is 378 g/mol. The number of ether oxygens (including phenoxy) is 1. The third-order valence-electron chi connectivity index (χ3n) is 5.50. The van der Waals surface area contributed by atoms with Crippen LogP contribution >= 0.6 is 0 Å². The van der Waals surface area contributed by atoms with Crippen molar-refractivity contribution in [2.75, 3.05) is 11.4 Å². The standard InChI is InChI=1S/C24H33N3O3/c1-24(2,3)30-23(29)27(15-13-19-7-5-4-6-8-19)21-11-9-20(10-12-21)17-22(28)26-16-14-25-18-26/h9-12,14,16,18-19H,4-8,13,15,17H2,1-3H3. The van der Waals surface area contributed by atoms with E-state index in [4.69, 9.17) is 4.74 Å². The van der Waals surface area contributed by atoms with Gasteiger partial charge in [-0.3, -0.25) is 14.3 Å². The first-order valence-electron chi connectivity index (χ1n) is 10.9. The quantitative estimate of drug-likeness (QED) is 0.631. The van der Waals surface area contributed by atoms with Gasteiger partial charge in [0.25, 0.3) is 0 Å². The molecule has 1 aromatic carbocycles. The highest BCUT2D eigenvalue weighted by Crippen LogP contribution is 2.28. The highest BCUT2D eigenvalue weighted by atomic mass is 16.6. The van der Waals surface area contributed by atoms with Crippen LogP contribution in [0.3, 0.4) is 0 Å². The van der Waals surface area contributed by atoms with Crippen LogP contribution in [0, 0.1) is 5.92 Å². The van der Waals surface area contributed by atoms with Crippen LogP contribution in [0.25, 0.3) is 0 Å². The Kier molecular flexibility index (Phi) is 7.29. The Morgan fingerprint density at radius 1 is 1.13 bits per heavy atom. The van der Waals surface area contributed by atoms with Crippen molar-refractivity contribution in [2.45, 2.75) is 71.3 Å². The monoisotopic (exact) mass is 411 g/mol. The SMILES string of the molecule is CC(C)(C)OC(=O)N(CCC1CCCCC1)c1ccc(CC(=O)n2ccnc2)cc1. The van der Waals surface area contributed by atoms with Crippen LogP contribution in [-0.4, -0.2) is 33.7 Å². The minimum Gasteiger partial charge on any atom is -0.443 e. The van der Waals surface area contributed by atoms with E-state index in [1.807, 2.05) is 45.0 Å². The zero-order valence-electron chi connectivity index (χ0n) is 18.3. The lowest BCUT2D eigenvalue weighted by Crippen LogP contribution is -2.38. The molecule has 0 bridgehead atoms. The number of imidazole rings is 1. The number of carbonyl (C=O) groups excluding carboxylic acids is 2. The Hall–Kier alpha value is -2.63. The van der Waals surface area contributed by atoms with E-state index in [0.717, 1.165) is 17.7 Å². The number of carbonyl (C=O) groups is 2. The normalized spacial score (nSPS) is 15.0. The Bertz CT molecular complexity index is 816. The Labute approximate surface area is 179 Å². The maximum atomic E-state index is 12.9. The molecule has 0 aliphatic heterocycles. The van der Waals surface area contributed by atoms with E-state index in [0.29, 0.717) is 12.5 Å². The predicted octanol–water partition coefficient (Wildman–Crippen LogP) is 5.48. The summed E-state index contributed by atoms with van der Waals surface area (Å²) in [5.41, 5.74) is 1.16. The van der Waals surface area contributed by atoms with Crippen molar-refractivity contribution in [2.24, 2.45) is 5.92 Å². The van der Waals surface area contributed by atoms with Crippen molar-refractivity contribution in [3.05, 3.63) is 48.5 Å². The summed E-state index contributed by atoms with van der Waals surface area (Å²) in [7, 11) is 0. The molecule has 0 unspecified atom stereocenters. The molecule has 0 saturated heterocycles. The number of hydrogen-bond acceptors (Lipinski definition) is 4. The fourth-order valence-electron chi connectivity index (χ4n) is 3.90. The van der Waals surface area contributed by atoms with Crippen molar-refractivity contribution in [3.8, 4) is 0 Å². The van der Waals surface area contributed by atoms with Gasteiger partial charge in [-0.25, -0.2) is 9.78 Å². The molecular formula is C24H33N3O3. The Morgan fingerprint density at radius 3 is 2.43 bits per heavy atom. The second-order valence-corrected chi connectivity index (χ2v) is 9.13. The van der Waals surface area contributed by atoms with E-state index in [1.54, 1.807) is 17.3 Å². The van der Waals surface area contributed by atoms with Crippen molar-refractivity contribution in [3.63, 3.8) is 0 Å². The van der Waals surface area contributed by atoms with Crippen LogP contribution in [-0.2, 0) is 11.2 Å². The number of nitrogens with zero attached hydrogens (tertiary/aromatic N) is 3. The molecule has 0 radical (unpaired) electrons. The van der Waals surface area contributed by atoms with Gasteiger partial charge in [0.1, 0.15) is 11.9 Å². The lowest BCUT2D eigenvalue weighted by molar-refractivity contribution is 0.0577. The van der Waals surface area contributed by atoms with Gasteiger partial charge in [0.05, 0.1) is 6.42 Å². The molecule has 1 fully saturated rings. The average molecular weight is 412 g/mol. The predicted molar refractivity (Wildman–Crippen MR) is 118 cm³/mol. The summed E-state index contributed by atoms with van der Waals surface area (Å²) in [4.78, 5) is 30.8. The van der Waals surface area contributed by atoms with Gasteiger partial charge in [-0.15, -0.1) is 0 Å². The molecule has 1 aliphatic rings. The number of aromatic nitrogens is 2. The van der Waals surface area contributed by atoms with Gasteiger partial charge in [-0.1, -0.05) is 44.2 Å². The third kappa shape index (κ3) is 6.44. The van der Waals surface area contributed by atoms with Crippen molar-refractivity contribution in [1.82, 2.24) is 9.55 Å². The molecule has 1 amide bonds. The van der Waals surface area contributed by atoms with E-state index >= 15 is 0 Å². The minimum absolute atomic E-state index is 0.0402. The van der Waals surface area contributed by atoms with Gasteiger partial charge < -0.3 is 4.74 Å². The topological polar surface area (TPSA) is 64.4 Å². The molecule has 6 heteroatoms. The van der Waals surface area contributed by atoms with Gasteiger partial charge in [-0.2, -0.15) is 0 Å². The second-order valence-electron chi connectivity index (χ2n) is 9.13. The number of benzene rings is 1. The van der Waals surface area contributed by atoms with Crippen LogP contribution in [0.1, 0.15) is 69.7 Å². The summed E-state index contributed by atoms with van der Waals surface area (Å²) in [6.45, 7) is 6.30. The van der Waals surface area contributed by atoms with Gasteiger partial charge in [0.2, 0.25) is 5.91 Å². The Morgan fingerprint density at radius 2 is 1.83 bits per heavy atom. The highest BCUT2D eigenvalue weighted by Gasteiger charge is 2.25. The number of hydrogen-bond donors (Lipinski definition) is 0. The zero-order chi connectivity index (χ0) is 21.6. The first-order valence-corrected chi connectivity index (χ1v) is 10.9. The molecule has 3 rings (SSSR count). The third-order valence-corrected chi connectivity index (χ3v) is 5.50. The van der Waals surface area contributed by atoms with Crippen LogP contribution in [0.15, 0.2) is 43.0 Å². The second kappa shape index (κ2) is 9.92. The molecule has 1 aromatic heterocycles. The molecule has 162 valence electrons. The molecule has 0 spiro atoms. The molecule has 2 aromatic rings. The largest absolute Gasteiger partial charge is 0.443 e. The minimum atomic E-state index is -0.544. The summed E-state index contributed by atoms with van der Waals surface area (Å²) in [6, 6.07) is 7.62. The zero-order valence-corrected chi connectivity index (χ0v) is 18.3. The van der Waals surface area contributed by atoms with Gasteiger partial charge in [0.15, 0.2) is 0 Å². The smallest absolute Gasteiger partial charge is 0.414 e. The highest BCUT2D eigenvalue weighted by molar-refractivity contribution is 5.88. The molecule has 1 aliphatic carbocycles. The summed E-state index contributed by atoms with van der Waals surface area (Å²) < 4.78 is 7.14. The summed E-state index contributed by atoms with van der Waals surface area (Å²) in [5.74, 6) is 0.636. The van der Waals surface area contributed by atoms with Crippen molar-refractivity contribution < 1.29 is 14.3 Å². The van der Waals surface area contributed by atoms with Crippen LogP contribution in [0.2, 0.25) is 0 Å². The number of amides is 1. The maximum Gasteiger partial charge on any atom is 0.414 e. The van der Waals surface area contributed by atoms with E-state index in [1.165, 1.54) is 43.0 Å². The lowest BCUT2D eigenvalue weighted by Gasteiger charge is -2.29. The van der Waals surface area contributed by atoms with Crippen LogP contribution in [0.5, 0.6) is 0 Å². The van der Waals surface area contributed by atoms with Crippen molar-refractivity contribution >= 4 is 17.7 Å². The summed E-state index contributed by atoms with van der Waals surface area (Å²) >= 11 is 0. The molecule has 1 heterocycles.